The molecule has 1 aromatic rings. The topological polar surface area (TPSA) is 37.8 Å². The molecule has 1 aromatic heterocycles. The molecule has 0 aromatic carbocycles. The Morgan fingerprint density at radius 1 is 1.67 bits per heavy atom. The molecule has 0 bridgehead atoms. The summed E-state index contributed by atoms with van der Waals surface area (Å²) in [4.78, 5) is 7.94. The van der Waals surface area contributed by atoms with Crippen LogP contribution in [0, 0.1) is 0 Å². The molecule has 1 N–H and O–H groups in total. The predicted molar refractivity (Wildman–Crippen MR) is 34.7 cm³/mol. The van der Waals surface area contributed by atoms with E-state index >= 15 is 0 Å². The van der Waals surface area contributed by atoms with Crippen LogP contribution in [0.4, 0.5) is 0 Å². The Hall–Kier alpha value is -0.610. The van der Waals surface area contributed by atoms with E-state index in [0.717, 1.165) is 11.6 Å². The first-order valence-electron chi connectivity index (χ1n) is 2.65. The Bertz CT molecular complexity index is 202. The van der Waals surface area contributed by atoms with Gasteiger partial charge in [-0.25, -0.2) is 9.97 Å². The molecule has 0 radical (unpaired) electrons. The van der Waals surface area contributed by atoms with Crippen molar-refractivity contribution in [2.75, 3.05) is 0 Å². The van der Waals surface area contributed by atoms with Gasteiger partial charge in [0.25, 0.3) is 0 Å². The van der Waals surface area contributed by atoms with Crippen LogP contribution < -0.4 is 4.72 Å². The lowest BCUT2D eigenvalue weighted by Gasteiger charge is -1.88. The lowest BCUT2D eigenvalue weighted by molar-refractivity contribution is 0.933. The summed E-state index contributed by atoms with van der Waals surface area (Å²) in [6.45, 7) is 0.890. The minimum atomic E-state index is 0.890. The van der Waals surface area contributed by atoms with Crippen LogP contribution in [-0.2, 0) is 6.54 Å². The Balaban J connectivity index is 2.54. The van der Waals surface area contributed by atoms with E-state index in [9.17, 15) is 0 Å². The van der Waals surface area contributed by atoms with Crippen molar-refractivity contribution in [3.8, 4) is 0 Å². The van der Waals surface area contributed by atoms with E-state index in [1.165, 1.54) is 5.56 Å². The van der Waals surface area contributed by atoms with Gasteiger partial charge in [-0.15, -0.1) is 0 Å². The van der Waals surface area contributed by atoms with Crippen LogP contribution in [0.5, 0.6) is 0 Å². The van der Waals surface area contributed by atoms with E-state index in [4.69, 9.17) is 0 Å². The molecule has 46 valence electrons. The third-order valence-electron chi connectivity index (χ3n) is 1.18. The van der Waals surface area contributed by atoms with E-state index in [1.54, 1.807) is 18.3 Å². The molecule has 0 saturated heterocycles. The molecule has 1 aliphatic heterocycles. The van der Waals surface area contributed by atoms with Gasteiger partial charge in [0.1, 0.15) is 11.4 Å². The maximum Gasteiger partial charge on any atom is 0.119 e. The maximum absolute atomic E-state index is 4.05. The normalized spacial score (nSPS) is 15.6. The van der Waals surface area contributed by atoms with Crippen LogP contribution in [0.1, 0.15) is 5.56 Å². The Kier molecular flexibility index (Phi) is 1.13. The van der Waals surface area contributed by atoms with E-state index in [-0.39, 0.29) is 0 Å². The van der Waals surface area contributed by atoms with Crippen molar-refractivity contribution in [2.24, 2.45) is 0 Å². The quantitative estimate of drug-likeness (QED) is 0.421. The fourth-order valence-electron chi connectivity index (χ4n) is 0.743. The number of hydrogen-bond donors (Lipinski definition) is 1. The summed E-state index contributed by atoms with van der Waals surface area (Å²) in [5.74, 6) is 0. The number of nitrogens with one attached hydrogen (secondary N) is 1. The average Bonchev–Trinajstić information content (AvgIpc) is 2.33. The Morgan fingerprint density at radius 3 is 3.56 bits per heavy atom. The van der Waals surface area contributed by atoms with Crippen LogP contribution in [0.25, 0.3) is 0 Å². The second-order valence-corrected chi connectivity index (χ2v) is 2.66. The summed E-state index contributed by atoms with van der Waals surface area (Å²) in [5.41, 5.74) is 1.20. The summed E-state index contributed by atoms with van der Waals surface area (Å²) in [7, 11) is 0. The summed E-state index contributed by atoms with van der Waals surface area (Å²) in [5, 5.41) is 1.06. The monoisotopic (exact) mass is 139 g/mol. The first kappa shape index (κ1) is 5.20. The van der Waals surface area contributed by atoms with Crippen molar-refractivity contribution >= 4 is 11.9 Å². The molecule has 0 spiro atoms. The highest BCUT2D eigenvalue weighted by molar-refractivity contribution is 7.97. The maximum atomic E-state index is 4.05. The van der Waals surface area contributed by atoms with Crippen LogP contribution in [0.3, 0.4) is 0 Å². The van der Waals surface area contributed by atoms with E-state index < -0.39 is 0 Å². The largest absolute Gasteiger partial charge is 0.254 e. The summed E-state index contributed by atoms with van der Waals surface area (Å²) < 4.78 is 3.10. The van der Waals surface area contributed by atoms with Gasteiger partial charge in [-0.1, -0.05) is 0 Å². The van der Waals surface area contributed by atoms with Gasteiger partial charge in [-0.3, -0.25) is 4.72 Å². The number of rotatable bonds is 0. The fourth-order valence-corrected chi connectivity index (χ4v) is 1.46. The Morgan fingerprint density at radius 2 is 2.67 bits per heavy atom. The number of nitrogens with zero attached hydrogens (tertiary/aromatic N) is 2. The van der Waals surface area contributed by atoms with Gasteiger partial charge in [-0.05, 0) is 11.9 Å². The van der Waals surface area contributed by atoms with Crippen molar-refractivity contribution in [3.63, 3.8) is 0 Å². The molecule has 1 aliphatic rings. The number of aromatic nitrogens is 2. The molecule has 4 heteroatoms. The third kappa shape index (κ3) is 0.799. The van der Waals surface area contributed by atoms with Crippen molar-refractivity contribution in [1.29, 1.82) is 0 Å². The summed E-state index contributed by atoms with van der Waals surface area (Å²) in [6, 6.07) is 0. The SMILES string of the molecule is c1ncc2c(n1)SNC2. The summed E-state index contributed by atoms with van der Waals surface area (Å²) >= 11 is 1.57. The lowest BCUT2D eigenvalue weighted by atomic mass is 10.4. The first-order valence-corrected chi connectivity index (χ1v) is 3.47. The van der Waals surface area contributed by atoms with Crippen LogP contribution >= 0.6 is 11.9 Å². The Labute approximate surface area is 57.0 Å². The average molecular weight is 139 g/mol. The van der Waals surface area contributed by atoms with Gasteiger partial charge in [0.15, 0.2) is 0 Å². The summed E-state index contributed by atoms with van der Waals surface area (Å²) in [6.07, 6.45) is 3.41. The van der Waals surface area contributed by atoms with Gasteiger partial charge in [-0.2, -0.15) is 0 Å². The molecule has 2 heterocycles. The van der Waals surface area contributed by atoms with Crippen LogP contribution in [0.2, 0.25) is 0 Å². The molecule has 0 amide bonds. The fraction of sp³-hybridized carbons (Fsp3) is 0.200. The molecule has 0 unspecified atom stereocenters. The van der Waals surface area contributed by atoms with E-state index in [0.29, 0.717) is 0 Å². The minimum absolute atomic E-state index is 0.890. The van der Waals surface area contributed by atoms with Gasteiger partial charge >= 0.3 is 0 Å². The lowest BCUT2D eigenvalue weighted by Crippen LogP contribution is -1.91. The van der Waals surface area contributed by atoms with E-state index in [1.807, 2.05) is 6.20 Å². The molecule has 0 atom stereocenters. The molecule has 2 rings (SSSR count). The zero-order chi connectivity index (χ0) is 6.10. The van der Waals surface area contributed by atoms with Gasteiger partial charge in [0.05, 0.1) is 0 Å². The number of fused-ring (bicyclic) bond motifs is 1. The molecule has 0 saturated carbocycles. The zero-order valence-electron chi connectivity index (χ0n) is 4.66. The highest BCUT2D eigenvalue weighted by Crippen LogP contribution is 2.22. The number of hydrogen-bond acceptors (Lipinski definition) is 4. The first-order chi connectivity index (χ1) is 4.47. The van der Waals surface area contributed by atoms with Crippen LogP contribution in [-0.4, -0.2) is 9.97 Å². The van der Waals surface area contributed by atoms with Gasteiger partial charge < -0.3 is 0 Å². The van der Waals surface area contributed by atoms with Crippen molar-refractivity contribution < 1.29 is 0 Å². The zero-order valence-corrected chi connectivity index (χ0v) is 5.48. The van der Waals surface area contributed by atoms with Gasteiger partial charge in [0, 0.05) is 18.3 Å². The molecule has 0 fully saturated rings. The molecule has 9 heavy (non-hydrogen) atoms. The predicted octanol–water partition coefficient (Wildman–Crippen LogP) is 0.587. The van der Waals surface area contributed by atoms with Crippen molar-refractivity contribution in [2.45, 2.75) is 11.6 Å². The van der Waals surface area contributed by atoms with Crippen LogP contribution in [0.15, 0.2) is 17.6 Å². The smallest absolute Gasteiger partial charge is 0.119 e. The van der Waals surface area contributed by atoms with E-state index in [2.05, 4.69) is 14.7 Å². The highest BCUT2D eigenvalue weighted by atomic mass is 32.2. The molecule has 3 nitrogen and oxygen atoms in total. The molecular formula is C5H5N3S. The molecule has 0 aliphatic carbocycles. The van der Waals surface area contributed by atoms with Gasteiger partial charge in [0.2, 0.25) is 0 Å². The minimum Gasteiger partial charge on any atom is -0.254 e. The van der Waals surface area contributed by atoms with Crippen molar-refractivity contribution in [1.82, 2.24) is 14.7 Å². The highest BCUT2D eigenvalue weighted by Gasteiger charge is 2.10. The standard InChI is InChI=1S/C5H5N3S/c1-4-2-8-9-5(4)7-3-6-1/h1,3,8H,2H2. The third-order valence-corrected chi connectivity index (χ3v) is 2.03. The van der Waals surface area contributed by atoms with Crippen molar-refractivity contribution in [3.05, 3.63) is 18.1 Å². The molecular weight excluding hydrogens is 134 g/mol. The second kappa shape index (κ2) is 1.97. The second-order valence-electron chi connectivity index (χ2n) is 1.78.